The van der Waals surface area contributed by atoms with Gasteiger partial charge in [0.1, 0.15) is 23.8 Å². The number of nitrogens with one attached hydrogen (secondary N) is 2. The lowest BCUT2D eigenvalue weighted by molar-refractivity contribution is -0.147. The Bertz CT molecular complexity index is 1150. The molecule has 2 aromatic carbocycles. The van der Waals surface area contributed by atoms with Crippen LogP contribution in [0.25, 0.3) is 0 Å². The molecule has 0 aliphatic carbocycles. The third-order valence-corrected chi connectivity index (χ3v) is 7.29. The molecule has 2 aromatic rings. The lowest BCUT2D eigenvalue weighted by atomic mass is 9.92. The van der Waals surface area contributed by atoms with Gasteiger partial charge in [0.2, 0.25) is 0 Å². The summed E-state index contributed by atoms with van der Waals surface area (Å²) in [5.74, 6) is -7.76. The van der Waals surface area contributed by atoms with E-state index in [2.05, 4.69) is 10.6 Å². The van der Waals surface area contributed by atoms with Gasteiger partial charge < -0.3 is 25.0 Å². The van der Waals surface area contributed by atoms with Crippen LogP contribution in [-0.2, 0) is 4.79 Å². The number of benzene rings is 2. The highest BCUT2D eigenvalue weighted by atomic mass is 19.2. The van der Waals surface area contributed by atoms with Gasteiger partial charge in [0.15, 0.2) is 40.4 Å². The van der Waals surface area contributed by atoms with Crippen molar-refractivity contribution in [3.63, 3.8) is 0 Å². The molecule has 6 nitrogen and oxygen atoms in total. The Morgan fingerprint density at radius 1 is 0.683 bits per heavy atom. The molecule has 3 saturated heterocycles. The number of halogens is 7. The zero-order valence-electron chi connectivity index (χ0n) is 22.3. The zero-order valence-corrected chi connectivity index (χ0v) is 22.3. The van der Waals surface area contributed by atoms with Crippen molar-refractivity contribution in [2.45, 2.75) is 56.4 Å². The minimum absolute atomic E-state index is 0.147. The maximum absolute atomic E-state index is 14.7. The Kier molecular flexibility index (Phi) is 10.3. The Labute approximate surface area is 233 Å². The van der Waals surface area contributed by atoms with E-state index in [4.69, 9.17) is 9.47 Å². The summed E-state index contributed by atoms with van der Waals surface area (Å²) in [6.07, 6.45) is 1.61. The lowest BCUT2D eigenvalue weighted by Crippen LogP contribution is -2.54. The molecule has 0 unspecified atom stereocenters. The van der Waals surface area contributed by atoms with E-state index in [-0.39, 0.29) is 32.0 Å². The second-order valence-electron chi connectivity index (χ2n) is 10.3. The number of piperidine rings is 3. The number of alkyl halides is 1. The van der Waals surface area contributed by atoms with E-state index in [0.717, 1.165) is 13.1 Å². The number of rotatable bonds is 5. The molecule has 3 aliphatic heterocycles. The summed E-state index contributed by atoms with van der Waals surface area (Å²) in [6, 6.07) is 2.36. The highest BCUT2D eigenvalue weighted by Crippen LogP contribution is 2.30. The van der Waals surface area contributed by atoms with E-state index in [1.807, 2.05) is 0 Å². The average Bonchev–Trinajstić information content (AvgIpc) is 2.94. The number of hydrogen-bond acceptors (Lipinski definition) is 5. The topological polar surface area (TPSA) is 62.8 Å². The third-order valence-electron chi connectivity index (χ3n) is 7.29. The van der Waals surface area contributed by atoms with Gasteiger partial charge in [-0.2, -0.15) is 0 Å². The molecule has 13 heteroatoms. The van der Waals surface area contributed by atoms with E-state index in [9.17, 15) is 35.5 Å². The summed E-state index contributed by atoms with van der Waals surface area (Å²) in [7, 11) is 0. The van der Waals surface area contributed by atoms with Crippen molar-refractivity contribution in [2.75, 3.05) is 39.3 Å². The van der Waals surface area contributed by atoms with Crippen molar-refractivity contribution in [2.24, 2.45) is 0 Å². The molecule has 0 bridgehead atoms. The van der Waals surface area contributed by atoms with Crippen molar-refractivity contribution in [3.8, 4) is 11.5 Å². The van der Waals surface area contributed by atoms with Gasteiger partial charge in [-0.25, -0.2) is 30.7 Å². The number of hydrogen-bond donors (Lipinski definition) is 2. The van der Waals surface area contributed by atoms with Crippen molar-refractivity contribution in [1.29, 1.82) is 0 Å². The molecule has 2 N–H and O–H groups in total. The first-order valence-corrected chi connectivity index (χ1v) is 13.6. The van der Waals surface area contributed by atoms with Gasteiger partial charge in [0.05, 0.1) is 0 Å². The Morgan fingerprint density at radius 3 is 1.51 bits per heavy atom. The van der Waals surface area contributed by atoms with Gasteiger partial charge in [-0.3, -0.25) is 4.79 Å². The number of likely N-dealkylation sites (tertiary alicyclic amines) is 1. The van der Waals surface area contributed by atoms with E-state index >= 15 is 0 Å². The maximum Gasteiger partial charge on any atom is 0.260 e. The highest BCUT2D eigenvalue weighted by Gasteiger charge is 2.43. The van der Waals surface area contributed by atoms with E-state index in [1.54, 1.807) is 0 Å². The molecule has 226 valence electrons. The van der Waals surface area contributed by atoms with Crippen LogP contribution in [0.15, 0.2) is 24.3 Å². The summed E-state index contributed by atoms with van der Waals surface area (Å²) in [5, 5.41) is 6.13. The summed E-state index contributed by atoms with van der Waals surface area (Å²) in [5.41, 5.74) is -1.84. The molecule has 3 fully saturated rings. The summed E-state index contributed by atoms with van der Waals surface area (Å²) < 4.78 is 105. The standard InChI is InChI=1S/C17H20F4N2O2.C11H12F3NO/c18-11-9-13(19)15(14(20)10-11)25-12-1-7-23(8-2-12)16(24)17(21)3-5-22-6-4-17;12-7-5-9(13)11(10(14)6-7)16-8-1-3-15-4-2-8/h9-10,12,22H,1-8H2;5-6,8,15H,1-4H2. The number of nitrogens with zero attached hydrogens (tertiary/aromatic N) is 1. The molecule has 0 spiro atoms. The lowest BCUT2D eigenvalue weighted by Gasteiger charge is -2.38. The van der Waals surface area contributed by atoms with Crippen molar-refractivity contribution in [3.05, 3.63) is 59.2 Å². The smallest absolute Gasteiger partial charge is 0.260 e. The fourth-order valence-electron chi connectivity index (χ4n) is 5.03. The Balaban J connectivity index is 0.000000208. The number of carbonyl (C=O) groups is 1. The minimum atomic E-state index is -1.84. The van der Waals surface area contributed by atoms with Gasteiger partial charge in [-0.15, -0.1) is 0 Å². The van der Waals surface area contributed by atoms with Crippen molar-refractivity contribution < 1.29 is 45.0 Å². The molecular weight excluding hydrogens is 559 g/mol. The molecule has 0 radical (unpaired) electrons. The van der Waals surface area contributed by atoms with Crippen LogP contribution in [0.5, 0.6) is 11.5 Å². The average molecular weight is 592 g/mol. The second kappa shape index (κ2) is 13.7. The number of carbonyl (C=O) groups excluding carboxylic acids is 1. The Hall–Kier alpha value is -3.06. The van der Waals surface area contributed by atoms with Gasteiger partial charge >= 0.3 is 0 Å². The monoisotopic (exact) mass is 591 g/mol. The summed E-state index contributed by atoms with van der Waals surface area (Å²) in [4.78, 5) is 13.9. The summed E-state index contributed by atoms with van der Waals surface area (Å²) >= 11 is 0. The van der Waals surface area contributed by atoms with Crippen LogP contribution in [0.2, 0.25) is 0 Å². The predicted octanol–water partition coefficient (Wildman–Crippen LogP) is 4.80. The van der Waals surface area contributed by atoms with Crippen LogP contribution in [0.3, 0.4) is 0 Å². The molecular formula is C28H32F7N3O3. The van der Waals surface area contributed by atoms with E-state index in [1.165, 1.54) is 4.90 Å². The number of amides is 1. The Morgan fingerprint density at radius 2 is 1.07 bits per heavy atom. The molecule has 5 rings (SSSR count). The van der Waals surface area contributed by atoms with Crippen LogP contribution in [0.1, 0.15) is 38.5 Å². The fourth-order valence-corrected chi connectivity index (χ4v) is 5.03. The maximum atomic E-state index is 14.7. The highest BCUT2D eigenvalue weighted by molar-refractivity contribution is 5.85. The van der Waals surface area contributed by atoms with Crippen molar-refractivity contribution >= 4 is 5.91 Å². The molecule has 3 aliphatic rings. The van der Waals surface area contributed by atoms with Crippen LogP contribution in [-0.4, -0.2) is 68.0 Å². The largest absolute Gasteiger partial charge is 0.484 e. The van der Waals surface area contributed by atoms with Gasteiger partial charge in [0.25, 0.3) is 5.91 Å². The van der Waals surface area contributed by atoms with Crippen molar-refractivity contribution in [1.82, 2.24) is 15.5 Å². The predicted molar refractivity (Wildman–Crippen MR) is 135 cm³/mol. The normalized spacial score (nSPS) is 19.7. The quantitative estimate of drug-likeness (QED) is 0.490. The molecule has 0 saturated carbocycles. The molecule has 0 atom stereocenters. The summed E-state index contributed by atoms with van der Waals surface area (Å²) in [6.45, 7) is 2.96. The van der Waals surface area contributed by atoms with Crippen LogP contribution in [0, 0.1) is 34.9 Å². The first kappa shape index (κ1) is 30.9. The first-order chi connectivity index (χ1) is 19.6. The fraction of sp³-hybridized carbons (Fsp3) is 0.536. The molecule has 1 amide bonds. The van der Waals surface area contributed by atoms with Gasteiger partial charge in [-0.1, -0.05) is 0 Å². The van der Waals surface area contributed by atoms with Crippen LogP contribution < -0.4 is 20.1 Å². The van der Waals surface area contributed by atoms with Gasteiger partial charge in [0, 0.05) is 63.0 Å². The minimum Gasteiger partial charge on any atom is -0.484 e. The molecule has 0 aromatic heterocycles. The zero-order chi connectivity index (χ0) is 29.6. The van der Waals surface area contributed by atoms with E-state index < -0.39 is 64.1 Å². The van der Waals surface area contributed by atoms with E-state index in [0.29, 0.717) is 63.0 Å². The molecule has 41 heavy (non-hydrogen) atoms. The third kappa shape index (κ3) is 8.03. The first-order valence-electron chi connectivity index (χ1n) is 13.6. The van der Waals surface area contributed by atoms with Crippen LogP contribution in [0.4, 0.5) is 30.7 Å². The van der Waals surface area contributed by atoms with Crippen LogP contribution >= 0.6 is 0 Å². The molecule has 3 heterocycles. The van der Waals surface area contributed by atoms with Gasteiger partial charge in [-0.05, 0) is 39.0 Å². The second-order valence-corrected chi connectivity index (χ2v) is 10.3. The SMILES string of the molecule is Fc1cc(F)c(OC2CCNCC2)c(F)c1.O=C(N1CCC(Oc2c(F)cc(F)cc2F)CC1)C1(F)CCNCC1. The number of ether oxygens (including phenoxy) is 2.